The summed E-state index contributed by atoms with van der Waals surface area (Å²) in [6, 6.07) is 23.7. The number of rotatable bonds is 3. The highest BCUT2D eigenvalue weighted by molar-refractivity contribution is 6.24. The summed E-state index contributed by atoms with van der Waals surface area (Å²) in [4.78, 5) is 0. The Labute approximate surface area is 249 Å². The highest BCUT2D eigenvalue weighted by Gasteiger charge is 2.18. The second-order valence-corrected chi connectivity index (χ2v) is 9.67. The van der Waals surface area contributed by atoms with Gasteiger partial charge in [0.25, 0.3) is 0 Å². The highest BCUT2D eigenvalue weighted by atomic mass is 14.2. The topological polar surface area (TPSA) is 0 Å². The second kappa shape index (κ2) is 9.22. The molecular weight excluding hydrogens is 480 g/mol. The quantitative estimate of drug-likeness (QED) is 0.204. The third-order valence-electron chi connectivity index (χ3n) is 7.53. The average molecular weight is 518 g/mol. The van der Waals surface area contributed by atoms with Gasteiger partial charge >= 0.3 is 0 Å². The van der Waals surface area contributed by atoms with Crippen molar-refractivity contribution in [2.24, 2.45) is 0 Å². The van der Waals surface area contributed by atoms with Gasteiger partial charge in [-0.3, -0.25) is 0 Å². The van der Waals surface area contributed by atoms with Crippen molar-refractivity contribution >= 4 is 43.1 Å². The SMILES string of the molecule is [2H]c1cc2c(-c3cccc4c(-c5ccc6ccccc6c5)cccc34)c3c([2H])c([2H])c([2H])cc3c(-c3c([2H])c([2H])c([2H])c([2H])c3[2H])c2c([2H])c1[2H]. The van der Waals surface area contributed by atoms with Gasteiger partial charge in [-0.1, -0.05) is 151 Å². The van der Waals surface area contributed by atoms with Crippen LogP contribution in [0.5, 0.6) is 0 Å². The minimum atomic E-state index is -0.603. The molecule has 0 aromatic heterocycles. The van der Waals surface area contributed by atoms with Crippen molar-refractivity contribution in [3.63, 3.8) is 0 Å². The third kappa shape index (κ3) is 3.54. The zero-order chi connectivity index (χ0) is 36.0. The summed E-state index contributed by atoms with van der Waals surface area (Å²) in [6.45, 7) is 0. The van der Waals surface area contributed by atoms with Crippen LogP contribution in [0.25, 0.3) is 76.5 Å². The summed E-state index contributed by atoms with van der Waals surface area (Å²) in [5.74, 6) is 0. The van der Waals surface area contributed by atoms with Crippen LogP contribution in [-0.2, 0) is 0 Å². The zero-order valence-electron chi connectivity index (χ0n) is 32.2. The van der Waals surface area contributed by atoms with Gasteiger partial charge in [0.15, 0.2) is 0 Å². The largest absolute Gasteiger partial charge is 0.0629 e. The first-order valence-electron chi connectivity index (χ1n) is 18.5. The fourth-order valence-corrected chi connectivity index (χ4v) is 5.80. The number of benzene rings is 8. The molecule has 8 rings (SSSR count). The van der Waals surface area contributed by atoms with E-state index in [1.165, 1.54) is 12.1 Å². The molecule has 0 radical (unpaired) electrons. The van der Waals surface area contributed by atoms with E-state index in [2.05, 4.69) is 30.3 Å². The van der Waals surface area contributed by atoms with Crippen LogP contribution in [0.4, 0.5) is 0 Å². The Morgan fingerprint density at radius 3 is 1.75 bits per heavy atom. The predicted molar refractivity (Wildman–Crippen MR) is 173 cm³/mol. The molecule has 0 aliphatic rings. The lowest BCUT2D eigenvalue weighted by Crippen LogP contribution is -1.92. The Hall–Kier alpha value is -5.20. The Kier molecular flexibility index (Phi) is 3.29. The van der Waals surface area contributed by atoms with Crippen molar-refractivity contribution in [3.05, 3.63) is 157 Å². The van der Waals surface area contributed by atoms with Crippen LogP contribution in [-0.4, -0.2) is 0 Å². The van der Waals surface area contributed by atoms with Crippen LogP contribution >= 0.6 is 0 Å². The molecule has 8 aromatic rings. The summed E-state index contributed by atoms with van der Waals surface area (Å²) in [5, 5.41) is 4.45. The van der Waals surface area contributed by atoms with E-state index in [0.29, 0.717) is 11.1 Å². The summed E-state index contributed by atoms with van der Waals surface area (Å²) >= 11 is 0. The molecule has 0 fully saturated rings. The smallest absolute Gasteiger partial charge is 0.0622 e. The summed E-state index contributed by atoms with van der Waals surface area (Å²) in [6.07, 6.45) is 0. The minimum Gasteiger partial charge on any atom is -0.0622 e. The van der Waals surface area contributed by atoms with E-state index in [-0.39, 0.29) is 56.8 Å². The van der Waals surface area contributed by atoms with E-state index >= 15 is 0 Å². The Morgan fingerprint density at radius 1 is 0.350 bits per heavy atom. The van der Waals surface area contributed by atoms with Gasteiger partial charge in [-0.15, -0.1) is 0 Å². The first-order valence-corrected chi connectivity index (χ1v) is 13.0. The number of fused-ring (bicyclic) bond motifs is 4. The molecule has 0 aliphatic carbocycles. The van der Waals surface area contributed by atoms with E-state index in [0.717, 1.165) is 32.7 Å². The molecule has 0 saturated heterocycles. The molecule has 0 nitrogen and oxygen atoms in total. The van der Waals surface area contributed by atoms with Gasteiger partial charge in [0.05, 0.1) is 15.1 Å². The predicted octanol–water partition coefficient (Wildman–Crippen LogP) is 11.3. The van der Waals surface area contributed by atoms with Crippen LogP contribution in [0, 0.1) is 0 Å². The van der Waals surface area contributed by atoms with E-state index in [9.17, 15) is 2.74 Å². The standard InChI is InChI=1S/C40H26/c1-2-13-28(14-3-1)39-35-16-6-8-18-37(35)40(38-19-9-7-17-36(38)39)34-23-11-21-32-31(20-10-22-33(32)34)30-25-24-27-12-4-5-15-29(27)26-30/h1-26H/i1D,2D,3D,6D,7D,8D,9D,13D,14D,16D,19D. The van der Waals surface area contributed by atoms with Gasteiger partial charge in [0.2, 0.25) is 0 Å². The van der Waals surface area contributed by atoms with Crippen molar-refractivity contribution in [2.45, 2.75) is 0 Å². The summed E-state index contributed by atoms with van der Waals surface area (Å²) in [5.41, 5.74) is 2.66. The molecule has 0 N–H and O–H groups in total. The highest BCUT2D eigenvalue weighted by Crippen LogP contribution is 2.46. The lowest BCUT2D eigenvalue weighted by atomic mass is 9.84. The molecule has 40 heavy (non-hydrogen) atoms. The van der Waals surface area contributed by atoms with Crippen LogP contribution in [0.3, 0.4) is 0 Å². The number of hydrogen-bond donors (Lipinski definition) is 0. The van der Waals surface area contributed by atoms with Crippen molar-refractivity contribution < 1.29 is 15.1 Å². The fraction of sp³-hybridized carbons (Fsp3) is 0. The van der Waals surface area contributed by atoms with Crippen LogP contribution < -0.4 is 0 Å². The Balaban J connectivity index is 1.59. The van der Waals surface area contributed by atoms with Gasteiger partial charge in [-0.25, -0.2) is 0 Å². The van der Waals surface area contributed by atoms with Crippen molar-refractivity contribution in [1.82, 2.24) is 0 Å². The third-order valence-corrected chi connectivity index (χ3v) is 7.53. The molecule has 0 saturated carbocycles. The summed E-state index contributed by atoms with van der Waals surface area (Å²) in [7, 11) is 0. The normalized spacial score (nSPS) is 15.3. The number of hydrogen-bond acceptors (Lipinski definition) is 0. The Morgan fingerprint density at radius 2 is 0.975 bits per heavy atom. The van der Waals surface area contributed by atoms with Gasteiger partial charge < -0.3 is 0 Å². The minimum absolute atomic E-state index is 0.0154. The van der Waals surface area contributed by atoms with Crippen molar-refractivity contribution in [1.29, 1.82) is 0 Å². The molecule has 0 aliphatic heterocycles. The van der Waals surface area contributed by atoms with E-state index in [1.54, 1.807) is 0 Å². The first-order chi connectivity index (χ1) is 24.4. The van der Waals surface area contributed by atoms with Crippen molar-refractivity contribution in [2.75, 3.05) is 0 Å². The molecule has 0 heteroatoms. The molecule has 0 heterocycles. The molecule has 186 valence electrons. The van der Waals surface area contributed by atoms with Crippen LogP contribution in [0.2, 0.25) is 0 Å². The monoisotopic (exact) mass is 517 g/mol. The molecule has 0 bridgehead atoms. The van der Waals surface area contributed by atoms with Crippen molar-refractivity contribution in [3.8, 4) is 33.4 Å². The van der Waals surface area contributed by atoms with Gasteiger partial charge in [0.1, 0.15) is 0 Å². The molecule has 0 amide bonds. The fourth-order valence-electron chi connectivity index (χ4n) is 5.80. The maximum Gasteiger partial charge on any atom is 0.0629 e. The van der Waals surface area contributed by atoms with E-state index in [4.69, 9.17) is 12.3 Å². The first kappa shape index (κ1) is 14.3. The van der Waals surface area contributed by atoms with Crippen LogP contribution in [0.15, 0.2) is 157 Å². The molecule has 8 aromatic carbocycles. The molecule has 0 spiro atoms. The Bertz CT molecular complexity index is 2790. The average Bonchev–Trinajstić information content (AvgIpc) is 3.14. The van der Waals surface area contributed by atoms with E-state index in [1.807, 2.05) is 48.5 Å². The molecule has 0 atom stereocenters. The lowest BCUT2D eigenvalue weighted by Gasteiger charge is -2.19. The zero-order valence-corrected chi connectivity index (χ0v) is 21.2. The van der Waals surface area contributed by atoms with Crippen LogP contribution in [0.1, 0.15) is 15.1 Å². The van der Waals surface area contributed by atoms with E-state index < -0.39 is 42.3 Å². The second-order valence-electron chi connectivity index (χ2n) is 9.67. The maximum atomic E-state index is 9.25. The van der Waals surface area contributed by atoms with Gasteiger partial charge in [-0.2, -0.15) is 0 Å². The molecule has 0 unspecified atom stereocenters. The lowest BCUT2D eigenvalue weighted by molar-refractivity contribution is 1.65. The maximum absolute atomic E-state index is 9.25. The molecular formula is C40H26. The van der Waals surface area contributed by atoms with Gasteiger partial charge in [0, 0.05) is 0 Å². The summed E-state index contributed by atoms with van der Waals surface area (Å²) < 4.78 is 95.9. The van der Waals surface area contributed by atoms with Gasteiger partial charge in [-0.05, 0) is 82.5 Å².